The van der Waals surface area contributed by atoms with Gasteiger partial charge in [-0.3, -0.25) is 4.57 Å². The fraction of sp³-hybridized carbons (Fsp3) is 0.484. The van der Waals surface area contributed by atoms with Crippen molar-refractivity contribution in [3.8, 4) is 39.6 Å². The van der Waals surface area contributed by atoms with Crippen LogP contribution in [0.5, 0.6) is 11.5 Å². The minimum absolute atomic E-state index is 0.0111. The first kappa shape index (κ1) is 57.9. The molecule has 2 N–H and O–H groups in total. The lowest BCUT2D eigenvalue weighted by atomic mass is 9.46. The van der Waals surface area contributed by atoms with Crippen molar-refractivity contribution >= 4 is 44.6 Å². The predicted octanol–water partition coefficient (Wildman–Crippen LogP) is 24.0. The lowest BCUT2D eigenvalue weighted by Gasteiger charge is -2.58. The summed E-state index contributed by atoms with van der Waals surface area (Å²) in [6.07, 6.45) is 36.4. The van der Waals surface area contributed by atoms with Gasteiger partial charge < -0.3 is 15.4 Å². The van der Waals surface area contributed by atoms with Gasteiger partial charge in [-0.1, -0.05) is 112 Å². The molecular formula is C91H98N4O. The molecule has 16 bridgehead atoms. The number of hydrogen-bond acceptors (Lipinski definition) is 4. The van der Waals surface area contributed by atoms with E-state index in [4.69, 9.17) is 9.72 Å². The van der Waals surface area contributed by atoms with Gasteiger partial charge in [0, 0.05) is 45.9 Å². The van der Waals surface area contributed by atoms with Crippen molar-refractivity contribution in [2.45, 2.75) is 202 Å². The summed E-state index contributed by atoms with van der Waals surface area (Å²) < 4.78 is 9.25. The minimum Gasteiger partial charge on any atom is -0.457 e. The predicted molar refractivity (Wildman–Crippen MR) is 394 cm³/mol. The summed E-state index contributed by atoms with van der Waals surface area (Å²) in [4.78, 5) is 4.98. The Morgan fingerprint density at radius 2 is 0.781 bits per heavy atom. The molecule has 488 valence electrons. The van der Waals surface area contributed by atoms with Crippen LogP contribution in [0.2, 0.25) is 0 Å². The zero-order valence-corrected chi connectivity index (χ0v) is 57.3. The number of para-hydroxylation sites is 4. The van der Waals surface area contributed by atoms with Gasteiger partial charge in [-0.2, -0.15) is 0 Å². The van der Waals surface area contributed by atoms with Crippen LogP contribution in [0.4, 0.5) is 22.7 Å². The average Bonchev–Trinajstić information content (AvgIpc) is 0.978. The number of pyridine rings is 1. The Hall–Kier alpha value is -7.11. The first-order valence-electron chi connectivity index (χ1n) is 38.6. The van der Waals surface area contributed by atoms with Gasteiger partial charge in [0.2, 0.25) is 0 Å². The Kier molecular flexibility index (Phi) is 12.8. The van der Waals surface area contributed by atoms with Crippen LogP contribution in [0, 0.1) is 71.0 Å². The van der Waals surface area contributed by atoms with Crippen LogP contribution in [0.25, 0.3) is 49.9 Å². The highest BCUT2D eigenvalue weighted by Crippen LogP contribution is 2.67. The molecule has 5 nitrogen and oxygen atoms in total. The number of nitrogens with zero attached hydrogens (tertiary/aromatic N) is 2. The van der Waals surface area contributed by atoms with Crippen molar-refractivity contribution in [3.05, 3.63) is 192 Å². The smallest absolute Gasteiger partial charge is 0.137 e. The SMILES string of the molecule is CC(C)(C)c1ccnc(-n2c3ccccc3c3ccc(Oc4cccc(Nc5ccccc5Nc5c(-c6cc(C78CC9CC(CC(C9)C7)C8)cc(C78CC9CC(CC(C9)C7)C8)c6)cccc5-c5cc(C67CC8CC(CC(C8)C6)C7)cc(C67CC8CC(CC(C8)C6)C7)c5)c4)cc32)c1. The second kappa shape index (κ2) is 21.2. The van der Waals surface area contributed by atoms with Gasteiger partial charge in [-0.25, -0.2) is 4.98 Å². The number of nitrogens with one attached hydrogen (secondary N) is 2. The molecule has 0 saturated heterocycles. The first-order chi connectivity index (χ1) is 46.7. The molecule has 25 rings (SSSR count). The monoisotopic (exact) mass is 1260 g/mol. The molecule has 2 heterocycles. The highest BCUT2D eigenvalue weighted by Gasteiger charge is 2.57. The first-order valence-corrected chi connectivity index (χ1v) is 38.6. The van der Waals surface area contributed by atoms with E-state index in [-0.39, 0.29) is 5.41 Å². The number of rotatable bonds is 13. The molecule has 16 fully saturated rings. The van der Waals surface area contributed by atoms with E-state index in [0.717, 1.165) is 116 Å². The van der Waals surface area contributed by atoms with E-state index in [1.54, 1.807) is 22.3 Å². The van der Waals surface area contributed by atoms with Gasteiger partial charge >= 0.3 is 0 Å². The Balaban J connectivity index is 0.699. The summed E-state index contributed by atoms with van der Waals surface area (Å²) in [5.41, 5.74) is 21.6. The number of ether oxygens (including phenoxy) is 1. The van der Waals surface area contributed by atoms with Gasteiger partial charge in [0.15, 0.2) is 0 Å². The molecule has 0 aliphatic heterocycles. The molecule has 0 amide bonds. The van der Waals surface area contributed by atoms with E-state index in [0.29, 0.717) is 21.7 Å². The molecule has 16 saturated carbocycles. The molecule has 7 aromatic carbocycles. The zero-order valence-electron chi connectivity index (χ0n) is 57.3. The molecule has 9 aromatic rings. The number of aromatic nitrogens is 2. The second-order valence-corrected chi connectivity index (χ2v) is 36.7. The fourth-order valence-corrected chi connectivity index (χ4v) is 26.8. The van der Waals surface area contributed by atoms with E-state index in [9.17, 15) is 0 Å². The molecule has 0 radical (unpaired) electrons. The van der Waals surface area contributed by atoms with Crippen molar-refractivity contribution in [2.24, 2.45) is 71.0 Å². The largest absolute Gasteiger partial charge is 0.457 e. The number of fused-ring (bicyclic) bond motifs is 3. The van der Waals surface area contributed by atoms with Crippen molar-refractivity contribution < 1.29 is 4.74 Å². The molecule has 5 heteroatoms. The normalized spacial score (nSPS) is 34.6. The quantitative estimate of drug-likeness (QED) is 0.121. The Morgan fingerprint density at radius 1 is 0.375 bits per heavy atom. The van der Waals surface area contributed by atoms with E-state index in [1.165, 1.54) is 198 Å². The van der Waals surface area contributed by atoms with Gasteiger partial charge in [-0.15, -0.1) is 0 Å². The van der Waals surface area contributed by atoms with Crippen LogP contribution in [-0.4, -0.2) is 9.55 Å². The second-order valence-electron chi connectivity index (χ2n) is 36.7. The van der Waals surface area contributed by atoms with Crippen LogP contribution < -0.4 is 15.4 Å². The molecule has 0 unspecified atom stereocenters. The van der Waals surface area contributed by atoms with E-state index >= 15 is 0 Å². The highest BCUT2D eigenvalue weighted by molar-refractivity contribution is 6.09. The molecular weight excluding hydrogens is 1170 g/mol. The van der Waals surface area contributed by atoms with Gasteiger partial charge in [-0.05, 0) is 346 Å². The average molecular weight is 1260 g/mol. The van der Waals surface area contributed by atoms with Crippen LogP contribution >= 0.6 is 0 Å². The lowest BCUT2D eigenvalue weighted by molar-refractivity contribution is -0.00856. The fourth-order valence-electron chi connectivity index (χ4n) is 26.8. The summed E-state index contributed by atoms with van der Waals surface area (Å²) in [7, 11) is 0. The number of anilines is 4. The highest BCUT2D eigenvalue weighted by atomic mass is 16.5. The zero-order chi connectivity index (χ0) is 63.4. The van der Waals surface area contributed by atoms with Crippen LogP contribution in [0.1, 0.15) is 203 Å². The van der Waals surface area contributed by atoms with E-state index in [1.807, 2.05) is 6.20 Å². The minimum atomic E-state index is -0.0111. The maximum absolute atomic E-state index is 6.94. The van der Waals surface area contributed by atoms with Crippen molar-refractivity contribution in [1.82, 2.24) is 9.55 Å². The maximum atomic E-state index is 6.94. The molecule has 0 atom stereocenters. The Labute approximate surface area is 570 Å². The van der Waals surface area contributed by atoms with Crippen LogP contribution in [0.3, 0.4) is 0 Å². The van der Waals surface area contributed by atoms with Crippen LogP contribution in [0.15, 0.2) is 164 Å². The molecule has 0 spiro atoms. The molecule has 16 aliphatic carbocycles. The van der Waals surface area contributed by atoms with Gasteiger partial charge in [0.25, 0.3) is 0 Å². The number of hydrogen-bond donors (Lipinski definition) is 2. The molecule has 2 aromatic heterocycles. The molecule has 96 heavy (non-hydrogen) atoms. The topological polar surface area (TPSA) is 51.1 Å². The summed E-state index contributed by atoms with van der Waals surface area (Å²) in [5.74, 6) is 13.2. The lowest BCUT2D eigenvalue weighted by Crippen LogP contribution is -2.50. The maximum Gasteiger partial charge on any atom is 0.137 e. The summed E-state index contributed by atoms with van der Waals surface area (Å²) in [6.45, 7) is 6.81. The standard InChI is InChI=1S/C91H98N4O/c1-87(2,3)69-20-21-92-85(40-69)95-83-17-7-4-12-79(83)80-19-18-76(42-84(80)95)96-75-11-8-10-74(41-75)93-81-15-5-6-16-82(81)94-86-77(67-34-70(88-43-55-22-56(44-88)24-57(23-55)45-88)38-71(35-67)89-46-58-25-59(47-89)27-60(26-58)48-89)13-9-14-78(86)68-36-72(90-49-61-28-62(50-90)30-63(29-61)51-90)39-73(37-68)91-52-64-31-65(53-91)33-66(32-64)54-91/h4-21,34-42,55-66,93-94H,22-33,43-54H2,1-3H3. The third-order valence-corrected chi connectivity index (χ3v) is 29.2. The summed E-state index contributed by atoms with van der Waals surface area (Å²) in [6, 6.07) is 61.9. The van der Waals surface area contributed by atoms with Crippen molar-refractivity contribution in [2.75, 3.05) is 10.6 Å². The van der Waals surface area contributed by atoms with Gasteiger partial charge in [0.05, 0.1) is 28.1 Å². The van der Waals surface area contributed by atoms with Crippen molar-refractivity contribution in [3.63, 3.8) is 0 Å². The Morgan fingerprint density at radius 3 is 1.24 bits per heavy atom. The Bertz CT molecular complexity index is 4210. The summed E-state index contributed by atoms with van der Waals surface area (Å²) >= 11 is 0. The van der Waals surface area contributed by atoms with Gasteiger partial charge in [0.1, 0.15) is 17.3 Å². The molecule has 16 aliphatic rings. The van der Waals surface area contributed by atoms with Crippen molar-refractivity contribution in [1.29, 1.82) is 0 Å². The third kappa shape index (κ3) is 9.49. The third-order valence-electron chi connectivity index (χ3n) is 29.2. The number of benzene rings is 7. The summed E-state index contributed by atoms with van der Waals surface area (Å²) in [5, 5.41) is 10.9. The van der Waals surface area contributed by atoms with E-state index in [2.05, 4.69) is 194 Å². The van der Waals surface area contributed by atoms with E-state index < -0.39 is 0 Å². The van der Waals surface area contributed by atoms with Crippen LogP contribution in [-0.2, 0) is 27.1 Å².